The van der Waals surface area contributed by atoms with Crippen LogP contribution in [0.1, 0.15) is 10.5 Å². The smallest absolute Gasteiger partial charge is 0.356 e. The van der Waals surface area contributed by atoms with Gasteiger partial charge >= 0.3 is 5.97 Å². The third-order valence-corrected chi connectivity index (χ3v) is 3.43. The summed E-state index contributed by atoms with van der Waals surface area (Å²) in [5.74, 6) is -0.442. The van der Waals surface area contributed by atoms with Crippen LogP contribution in [0.4, 0.5) is 17.1 Å². The first-order valence-electron chi connectivity index (χ1n) is 7.24. The van der Waals surface area contributed by atoms with Crippen LogP contribution in [0.15, 0.2) is 79.0 Å². The fourth-order valence-corrected chi connectivity index (χ4v) is 2.34. The first kappa shape index (κ1) is 14.8. The van der Waals surface area contributed by atoms with Gasteiger partial charge in [-0.05, 0) is 36.4 Å². The summed E-state index contributed by atoms with van der Waals surface area (Å²) in [5.41, 5.74) is 3.20. The monoisotopic (exact) mass is 304 g/mol. The molecule has 1 aromatic heterocycles. The van der Waals surface area contributed by atoms with E-state index in [1.807, 2.05) is 66.7 Å². The predicted molar refractivity (Wildman–Crippen MR) is 90.3 cm³/mol. The van der Waals surface area contributed by atoms with E-state index < -0.39 is 5.97 Å². The van der Waals surface area contributed by atoms with Gasteiger partial charge in [-0.15, -0.1) is 0 Å². The van der Waals surface area contributed by atoms with E-state index >= 15 is 0 Å². The molecule has 0 N–H and O–H groups in total. The van der Waals surface area contributed by atoms with Crippen molar-refractivity contribution < 1.29 is 9.53 Å². The number of pyridine rings is 1. The molecule has 1 heterocycles. The van der Waals surface area contributed by atoms with E-state index in [9.17, 15) is 4.79 Å². The maximum Gasteiger partial charge on any atom is 0.356 e. The molecule has 0 aliphatic rings. The number of carbonyl (C=O) groups excluding carboxylic acids is 1. The van der Waals surface area contributed by atoms with E-state index in [1.165, 1.54) is 7.11 Å². The van der Waals surface area contributed by atoms with Gasteiger partial charge in [0, 0.05) is 11.4 Å². The molecule has 0 bridgehead atoms. The minimum absolute atomic E-state index is 0.289. The van der Waals surface area contributed by atoms with E-state index in [0.29, 0.717) is 0 Å². The van der Waals surface area contributed by atoms with Crippen molar-refractivity contribution in [3.8, 4) is 0 Å². The largest absolute Gasteiger partial charge is 0.464 e. The van der Waals surface area contributed by atoms with E-state index in [4.69, 9.17) is 4.74 Å². The fourth-order valence-electron chi connectivity index (χ4n) is 2.34. The molecule has 0 atom stereocenters. The molecular weight excluding hydrogens is 288 g/mol. The topological polar surface area (TPSA) is 42.4 Å². The lowest BCUT2D eigenvalue weighted by atomic mass is 10.2. The van der Waals surface area contributed by atoms with E-state index in [1.54, 1.807) is 12.3 Å². The Morgan fingerprint density at radius 2 is 1.39 bits per heavy atom. The Bertz CT molecular complexity index is 732. The third-order valence-electron chi connectivity index (χ3n) is 3.43. The first-order valence-corrected chi connectivity index (χ1v) is 7.24. The predicted octanol–water partition coefficient (Wildman–Crippen LogP) is 4.34. The maximum absolute atomic E-state index is 11.5. The molecule has 0 amide bonds. The SMILES string of the molecule is COC(=O)c1ccc(N(c2ccccc2)c2ccccc2)cn1. The Morgan fingerprint density at radius 3 is 1.83 bits per heavy atom. The molecule has 0 radical (unpaired) electrons. The number of carbonyl (C=O) groups is 1. The lowest BCUT2D eigenvalue weighted by Gasteiger charge is -2.24. The van der Waals surface area contributed by atoms with Crippen molar-refractivity contribution in [3.63, 3.8) is 0 Å². The molecule has 2 aromatic carbocycles. The van der Waals surface area contributed by atoms with Crippen molar-refractivity contribution in [2.45, 2.75) is 0 Å². The summed E-state index contributed by atoms with van der Waals surface area (Å²) in [6.07, 6.45) is 1.67. The second-order valence-electron chi connectivity index (χ2n) is 4.90. The summed E-state index contributed by atoms with van der Waals surface area (Å²) in [6, 6.07) is 23.5. The standard InChI is InChI=1S/C19H16N2O2/c1-23-19(22)18-13-12-17(14-20-18)21(15-8-4-2-5-9-15)16-10-6-3-7-11-16/h2-14H,1H3. The molecule has 23 heavy (non-hydrogen) atoms. The first-order chi connectivity index (χ1) is 11.3. The zero-order valence-corrected chi connectivity index (χ0v) is 12.7. The van der Waals surface area contributed by atoms with Crippen molar-refractivity contribution in [1.29, 1.82) is 0 Å². The minimum Gasteiger partial charge on any atom is -0.464 e. The van der Waals surface area contributed by atoms with Crippen LogP contribution in [-0.2, 0) is 4.74 Å². The summed E-state index contributed by atoms with van der Waals surface area (Å²) in [5, 5.41) is 0. The molecule has 114 valence electrons. The Labute approximate surface area is 135 Å². The highest BCUT2D eigenvalue weighted by molar-refractivity contribution is 5.87. The molecule has 0 saturated heterocycles. The van der Waals surface area contributed by atoms with Gasteiger partial charge in [0.2, 0.25) is 0 Å². The molecule has 0 saturated carbocycles. The lowest BCUT2D eigenvalue weighted by molar-refractivity contribution is 0.0594. The number of nitrogens with zero attached hydrogens (tertiary/aromatic N) is 2. The van der Waals surface area contributed by atoms with Crippen molar-refractivity contribution in [2.75, 3.05) is 12.0 Å². The maximum atomic E-state index is 11.5. The molecule has 0 unspecified atom stereocenters. The van der Waals surface area contributed by atoms with Crippen molar-refractivity contribution in [1.82, 2.24) is 4.98 Å². The van der Waals surface area contributed by atoms with Gasteiger partial charge in [-0.1, -0.05) is 36.4 Å². The van der Waals surface area contributed by atoms with E-state index in [-0.39, 0.29) is 5.69 Å². The number of anilines is 3. The molecule has 0 fully saturated rings. The minimum atomic E-state index is -0.442. The molecule has 3 rings (SSSR count). The van der Waals surface area contributed by atoms with Gasteiger partial charge in [0.1, 0.15) is 5.69 Å². The zero-order valence-electron chi connectivity index (χ0n) is 12.7. The third kappa shape index (κ3) is 3.21. The van der Waals surface area contributed by atoms with Gasteiger partial charge < -0.3 is 9.64 Å². The number of hydrogen-bond acceptors (Lipinski definition) is 4. The molecule has 4 heteroatoms. The van der Waals surface area contributed by atoms with Crippen LogP contribution in [0, 0.1) is 0 Å². The van der Waals surface area contributed by atoms with Crippen LogP contribution in [0.3, 0.4) is 0 Å². The van der Waals surface area contributed by atoms with Gasteiger partial charge in [0.15, 0.2) is 0 Å². The van der Waals surface area contributed by atoms with Gasteiger partial charge in [0.25, 0.3) is 0 Å². The van der Waals surface area contributed by atoms with Crippen LogP contribution >= 0.6 is 0 Å². The highest BCUT2D eigenvalue weighted by Crippen LogP contribution is 2.33. The summed E-state index contributed by atoms with van der Waals surface area (Å²) in [4.78, 5) is 17.8. The number of aromatic nitrogens is 1. The normalized spacial score (nSPS) is 10.1. The van der Waals surface area contributed by atoms with E-state index in [2.05, 4.69) is 9.88 Å². The number of para-hydroxylation sites is 2. The summed E-state index contributed by atoms with van der Waals surface area (Å²) < 4.78 is 4.69. The van der Waals surface area contributed by atoms with E-state index in [0.717, 1.165) is 17.1 Å². The Balaban J connectivity index is 2.04. The highest BCUT2D eigenvalue weighted by Gasteiger charge is 2.13. The van der Waals surface area contributed by atoms with Crippen molar-refractivity contribution >= 4 is 23.0 Å². The Hall–Kier alpha value is -3.14. The fraction of sp³-hybridized carbons (Fsp3) is 0.0526. The van der Waals surface area contributed by atoms with Gasteiger partial charge in [0.05, 0.1) is 19.0 Å². The molecule has 4 nitrogen and oxygen atoms in total. The second kappa shape index (κ2) is 6.75. The Morgan fingerprint density at radius 1 is 0.826 bits per heavy atom. The number of benzene rings is 2. The van der Waals surface area contributed by atoms with Gasteiger partial charge in [-0.25, -0.2) is 9.78 Å². The quantitative estimate of drug-likeness (QED) is 0.672. The number of hydrogen-bond donors (Lipinski definition) is 0. The van der Waals surface area contributed by atoms with Crippen molar-refractivity contribution in [2.24, 2.45) is 0 Å². The average molecular weight is 304 g/mol. The number of esters is 1. The summed E-state index contributed by atoms with van der Waals surface area (Å²) in [7, 11) is 1.35. The molecular formula is C19H16N2O2. The second-order valence-corrected chi connectivity index (χ2v) is 4.90. The summed E-state index contributed by atoms with van der Waals surface area (Å²) >= 11 is 0. The van der Waals surface area contributed by atoms with Crippen LogP contribution in [-0.4, -0.2) is 18.1 Å². The summed E-state index contributed by atoms with van der Waals surface area (Å²) in [6.45, 7) is 0. The number of rotatable bonds is 4. The van der Waals surface area contributed by atoms with Crippen molar-refractivity contribution in [3.05, 3.63) is 84.7 Å². The highest BCUT2D eigenvalue weighted by atomic mass is 16.5. The number of ether oxygens (including phenoxy) is 1. The van der Waals surface area contributed by atoms with Gasteiger partial charge in [-0.3, -0.25) is 0 Å². The average Bonchev–Trinajstić information content (AvgIpc) is 2.64. The molecule has 0 aliphatic carbocycles. The van der Waals surface area contributed by atoms with Crippen LogP contribution in [0.25, 0.3) is 0 Å². The van der Waals surface area contributed by atoms with Crippen LogP contribution in [0.5, 0.6) is 0 Å². The molecule has 3 aromatic rings. The zero-order chi connectivity index (χ0) is 16.1. The van der Waals surface area contributed by atoms with Crippen LogP contribution in [0.2, 0.25) is 0 Å². The lowest BCUT2D eigenvalue weighted by Crippen LogP contribution is -2.11. The molecule has 0 spiro atoms. The molecule has 0 aliphatic heterocycles. The Kier molecular flexibility index (Phi) is 4.34. The van der Waals surface area contributed by atoms with Crippen LogP contribution < -0.4 is 4.90 Å². The number of methoxy groups -OCH3 is 1. The van der Waals surface area contributed by atoms with Gasteiger partial charge in [-0.2, -0.15) is 0 Å².